The van der Waals surface area contributed by atoms with Gasteiger partial charge in [-0.2, -0.15) is 0 Å². The first-order valence-corrected chi connectivity index (χ1v) is 8.43. The summed E-state index contributed by atoms with van der Waals surface area (Å²) in [6.45, 7) is 2.85. The fourth-order valence-corrected chi connectivity index (χ4v) is 2.77. The Balaban J connectivity index is 1.59. The number of benzene rings is 1. The molecule has 1 heterocycles. The summed E-state index contributed by atoms with van der Waals surface area (Å²) in [6.07, 6.45) is 1.44. The number of nitrogens with zero attached hydrogens (tertiary/aromatic N) is 2. The lowest BCUT2D eigenvalue weighted by molar-refractivity contribution is -0.126. The van der Waals surface area contributed by atoms with Crippen LogP contribution in [0.15, 0.2) is 30.3 Å². The monoisotopic (exact) mass is 333 g/mol. The summed E-state index contributed by atoms with van der Waals surface area (Å²) in [5.74, 6) is 0.0561. The number of rotatable bonds is 6. The lowest BCUT2D eigenvalue weighted by Gasteiger charge is -2.33. The van der Waals surface area contributed by atoms with Crippen molar-refractivity contribution >= 4 is 11.9 Å². The van der Waals surface area contributed by atoms with Crippen molar-refractivity contribution in [1.29, 1.82) is 0 Å². The summed E-state index contributed by atoms with van der Waals surface area (Å²) in [4.78, 5) is 27.4. The summed E-state index contributed by atoms with van der Waals surface area (Å²) in [5.41, 5.74) is 1.13. The van der Waals surface area contributed by atoms with E-state index in [1.165, 1.54) is 0 Å². The predicted molar refractivity (Wildman–Crippen MR) is 92.5 cm³/mol. The average Bonchev–Trinajstić information content (AvgIpc) is 2.61. The van der Waals surface area contributed by atoms with Gasteiger partial charge in [0, 0.05) is 39.6 Å². The molecule has 24 heavy (non-hydrogen) atoms. The lowest BCUT2D eigenvalue weighted by Crippen LogP contribution is -2.46. The largest absolute Gasteiger partial charge is 0.375 e. The molecule has 1 N–H and O–H groups in total. The van der Waals surface area contributed by atoms with Crippen LogP contribution in [0.5, 0.6) is 0 Å². The third kappa shape index (κ3) is 5.53. The molecule has 0 bridgehead atoms. The molecule has 6 heteroatoms. The van der Waals surface area contributed by atoms with Crippen molar-refractivity contribution in [3.8, 4) is 0 Å². The Morgan fingerprint density at radius 3 is 2.50 bits per heavy atom. The number of carbonyl (C=O) groups excluding carboxylic acids is 2. The van der Waals surface area contributed by atoms with E-state index in [0.717, 1.165) is 18.4 Å². The van der Waals surface area contributed by atoms with Crippen molar-refractivity contribution in [2.75, 3.05) is 40.3 Å². The van der Waals surface area contributed by atoms with E-state index in [-0.39, 0.29) is 17.9 Å². The summed E-state index contributed by atoms with van der Waals surface area (Å²) >= 11 is 0. The van der Waals surface area contributed by atoms with Crippen LogP contribution >= 0.6 is 0 Å². The van der Waals surface area contributed by atoms with Crippen LogP contribution in [0.2, 0.25) is 0 Å². The van der Waals surface area contributed by atoms with E-state index in [1.807, 2.05) is 30.3 Å². The highest BCUT2D eigenvalue weighted by atomic mass is 16.5. The van der Waals surface area contributed by atoms with Crippen LogP contribution in [-0.2, 0) is 16.1 Å². The molecule has 132 valence electrons. The number of piperidine rings is 1. The van der Waals surface area contributed by atoms with Crippen LogP contribution in [0.3, 0.4) is 0 Å². The number of hydrogen-bond acceptors (Lipinski definition) is 3. The van der Waals surface area contributed by atoms with Gasteiger partial charge in [0.05, 0.1) is 13.2 Å². The topological polar surface area (TPSA) is 61.9 Å². The second-order valence-electron chi connectivity index (χ2n) is 6.27. The van der Waals surface area contributed by atoms with Gasteiger partial charge in [0.2, 0.25) is 5.91 Å². The number of ether oxygens (including phenoxy) is 1. The molecule has 0 aromatic heterocycles. The molecule has 1 fully saturated rings. The van der Waals surface area contributed by atoms with Gasteiger partial charge in [0.25, 0.3) is 0 Å². The number of amides is 3. The third-order valence-corrected chi connectivity index (χ3v) is 4.18. The summed E-state index contributed by atoms with van der Waals surface area (Å²) in [6, 6.07) is 9.98. The number of nitrogens with one attached hydrogen (secondary N) is 1. The van der Waals surface area contributed by atoms with Gasteiger partial charge < -0.3 is 19.9 Å². The first-order valence-electron chi connectivity index (χ1n) is 8.43. The second kappa shape index (κ2) is 9.27. The molecule has 3 amide bonds. The minimum atomic E-state index is -0.00895. The van der Waals surface area contributed by atoms with Crippen molar-refractivity contribution in [2.45, 2.75) is 19.4 Å². The predicted octanol–water partition coefficient (Wildman–Crippen LogP) is 1.71. The minimum Gasteiger partial charge on any atom is -0.375 e. The molecule has 0 aliphatic carbocycles. The molecule has 1 aromatic rings. The molecule has 1 saturated heterocycles. The quantitative estimate of drug-likeness (QED) is 0.806. The molecule has 0 atom stereocenters. The Labute approximate surface area is 143 Å². The molecule has 6 nitrogen and oxygen atoms in total. The van der Waals surface area contributed by atoms with Crippen molar-refractivity contribution in [3.63, 3.8) is 0 Å². The molecule has 2 rings (SSSR count). The van der Waals surface area contributed by atoms with Crippen LogP contribution in [-0.4, -0.2) is 62.1 Å². The fraction of sp³-hybridized carbons (Fsp3) is 0.556. The third-order valence-electron chi connectivity index (χ3n) is 4.18. The molecular weight excluding hydrogens is 306 g/mol. The molecule has 0 radical (unpaired) electrons. The van der Waals surface area contributed by atoms with Crippen molar-refractivity contribution < 1.29 is 14.3 Å². The molecule has 1 aliphatic rings. The average molecular weight is 333 g/mol. The van der Waals surface area contributed by atoms with Gasteiger partial charge in [-0.15, -0.1) is 0 Å². The SMILES string of the molecule is CN(C)C(=O)N1CCC(C(=O)NCCOCc2ccccc2)CC1. The highest BCUT2D eigenvalue weighted by molar-refractivity contribution is 5.79. The summed E-state index contributed by atoms with van der Waals surface area (Å²) < 4.78 is 5.56. The van der Waals surface area contributed by atoms with E-state index in [2.05, 4.69) is 5.32 Å². The van der Waals surface area contributed by atoms with Crippen LogP contribution in [0.25, 0.3) is 0 Å². The zero-order valence-electron chi connectivity index (χ0n) is 14.5. The molecule has 1 aromatic carbocycles. The number of hydrogen-bond donors (Lipinski definition) is 1. The van der Waals surface area contributed by atoms with Crippen molar-refractivity contribution in [1.82, 2.24) is 15.1 Å². The van der Waals surface area contributed by atoms with Crippen LogP contribution < -0.4 is 5.32 Å². The smallest absolute Gasteiger partial charge is 0.319 e. The number of carbonyl (C=O) groups is 2. The molecule has 1 aliphatic heterocycles. The van der Waals surface area contributed by atoms with Gasteiger partial charge in [0.1, 0.15) is 0 Å². The normalized spacial score (nSPS) is 15.2. The highest BCUT2D eigenvalue weighted by Crippen LogP contribution is 2.18. The van der Waals surface area contributed by atoms with Crippen molar-refractivity contribution in [2.24, 2.45) is 5.92 Å². The number of urea groups is 1. The Hall–Kier alpha value is -2.08. The van der Waals surface area contributed by atoms with E-state index >= 15 is 0 Å². The van der Waals surface area contributed by atoms with E-state index in [1.54, 1.807) is 23.9 Å². The van der Waals surface area contributed by atoms with Gasteiger partial charge in [-0.25, -0.2) is 4.79 Å². The van der Waals surface area contributed by atoms with Gasteiger partial charge in [-0.1, -0.05) is 30.3 Å². The lowest BCUT2D eigenvalue weighted by atomic mass is 9.96. The van der Waals surface area contributed by atoms with E-state index in [9.17, 15) is 9.59 Å². The van der Waals surface area contributed by atoms with Crippen molar-refractivity contribution in [3.05, 3.63) is 35.9 Å². The van der Waals surface area contributed by atoms with Gasteiger partial charge in [0.15, 0.2) is 0 Å². The maximum absolute atomic E-state index is 12.2. The Bertz CT molecular complexity index is 526. The first-order chi connectivity index (χ1) is 11.6. The molecule has 0 spiro atoms. The Morgan fingerprint density at radius 1 is 1.21 bits per heavy atom. The van der Waals surface area contributed by atoms with E-state index < -0.39 is 0 Å². The van der Waals surface area contributed by atoms with Gasteiger partial charge >= 0.3 is 6.03 Å². The van der Waals surface area contributed by atoms with Crippen LogP contribution in [0.1, 0.15) is 18.4 Å². The number of likely N-dealkylation sites (tertiary alicyclic amines) is 1. The Morgan fingerprint density at radius 2 is 1.88 bits per heavy atom. The zero-order chi connectivity index (χ0) is 17.4. The molecular formula is C18H27N3O3. The maximum atomic E-state index is 12.2. The Kier molecular flexibility index (Phi) is 7.06. The fourth-order valence-electron chi connectivity index (χ4n) is 2.77. The van der Waals surface area contributed by atoms with Gasteiger partial charge in [-0.05, 0) is 18.4 Å². The summed E-state index contributed by atoms with van der Waals surface area (Å²) in [5, 5.41) is 2.93. The van der Waals surface area contributed by atoms with E-state index in [4.69, 9.17) is 4.74 Å². The molecule has 0 saturated carbocycles. The first kappa shape index (κ1) is 18.3. The van der Waals surface area contributed by atoms with E-state index in [0.29, 0.717) is 32.8 Å². The van der Waals surface area contributed by atoms with Crippen LogP contribution in [0, 0.1) is 5.92 Å². The minimum absolute atomic E-state index is 0.00895. The maximum Gasteiger partial charge on any atom is 0.319 e. The zero-order valence-corrected chi connectivity index (χ0v) is 14.5. The summed E-state index contributed by atoms with van der Waals surface area (Å²) in [7, 11) is 3.49. The highest BCUT2D eigenvalue weighted by Gasteiger charge is 2.27. The second-order valence-corrected chi connectivity index (χ2v) is 6.27. The molecule has 0 unspecified atom stereocenters. The standard InChI is InChI=1S/C18H27N3O3/c1-20(2)18(23)21-11-8-16(9-12-21)17(22)19-10-13-24-14-15-6-4-3-5-7-15/h3-7,16H,8-14H2,1-2H3,(H,19,22). The van der Waals surface area contributed by atoms with Crippen LogP contribution in [0.4, 0.5) is 4.79 Å². The van der Waals surface area contributed by atoms with Gasteiger partial charge in [-0.3, -0.25) is 4.79 Å².